The SMILES string of the molecule is C#Cc1cccc(NC(=O)CNC(=NC)NC2CCN(CCC)CC2)c1. The van der Waals surface area contributed by atoms with Crippen molar-refractivity contribution in [1.82, 2.24) is 15.5 Å². The van der Waals surface area contributed by atoms with Gasteiger partial charge < -0.3 is 20.9 Å². The highest BCUT2D eigenvalue weighted by molar-refractivity contribution is 5.95. The normalized spacial score (nSPS) is 16.0. The lowest BCUT2D eigenvalue weighted by molar-refractivity contribution is -0.115. The lowest BCUT2D eigenvalue weighted by Crippen LogP contribution is -2.49. The zero-order valence-electron chi connectivity index (χ0n) is 15.7. The van der Waals surface area contributed by atoms with Gasteiger partial charge in [-0.15, -0.1) is 6.42 Å². The van der Waals surface area contributed by atoms with Crippen LogP contribution in [0.15, 0.2) is 29.3 Å². The molecule has 0 unspecified atom stereocenters. The molecule has 6 nitrogen and oxygen atoms in total. The molecule has 1 amide bonds. The minimum absolute atomic E-state index is 0.139. The molecule has 0 saturated carbocycles. The average molecular weight is 355 g/mol. The van der Waals surface area contributed by atoms with Gasteiger partial charge in [0.15, 0.2) is 5.96 Å². The molecule has 26 heavy (non-hydrogen) atoms. The highest BCUT2D eigenvalue weighted by atomic mass is 16.1. The molecule has 0 aromatic heterocycles. The molecule has 1 saturated heterocycles. The minimum Gasteiger partial charge on any atom is -0.354 e. The van der Waals surface area contributed by atoms with E-state index in [1.54, 1.807) is 13.1 Å². The summed E-state index contributed by atoms with van der Waals surface area (Å²) in [5.41, 5.74) is 1.43. The van der Waals surface area contributed by atoms with Gasteiger partial charge in [0.05, 0.1) is 6.54 Å². The molecule has 1 fully saturated rings. The molecule has 0 atom stereocenters. The summed E-state index contributed by atoms with van der Waals surface area (Å²) in [5, 5.41) is 9.32. The molecule has 1 aliphatic heterocycles. The predicted molar refractivity (Wildman–Crippen MR) is 107 cm³/mol. The van der Waals surface area contributed by atoms with Crippen LogP contribution in [0.4, 0.5) is 5.69 Å². The van der Waals surface area contributed by atoms with Crippen LogP contribution in [-0.4, -0.2) is 56.0 Å². The second-order valence-corrected chi connectivity index (χ2v) is 6.46. The number of guanidine groups is 1. The van der Waals surface area contributed by atoms with E-state index in [1.165, 1.54) is 13.0 Å². The van der Waals surface area contributed by atoms with E-state index in [0.29, 0.717) is 17.7 Å². The molecule has 0 aliphatic carbocycles. The molecule has 2 rings (SSSR count). The van der Waals surface area contributed by atoms with Gasteiger partial charge in [-0.25, -0.2) is 0 Å². The van der Waals surface area contributed by atoms with Crippen molar-refractivity contribution in [2.75, 3.05) is 38.5 Å². The van der Waals surface area contributed by atoms with E-state index in [1.807, 2.05) is 18.2 Å². The summed E-state index contributed by atoms with van der Waals surface area (Å²) in [6.45, 7) is 5.74. The van der Waals surface area contributed by atoms with Crippen LogP contribution in [0.3, 0.4) is 0 Å². The number of nitrogens with one attached hydrogen (secondary N) is 3. The van der Waals surface area contributed by atoms with Crippen molar-refractivity contribution in [1.29, 1.82) is 0 Å². The molecule has 140 valence electrons. The van der Waals surface area contributed by atoms with Crippen LogP contribution < -0.4 is 16.0 Å². The number of likely N-dealkylation sites (tertiary alicyclic amines) is 1. The first kappa shape index (κ1) is 19.8. The zero-order valence-corrected chi connectivity index (χ0v) is 15.7. The largest absolute Gasteiger partial charge is 0.354 e. The third-order valence-corrected chi connectivity index (χ3v) is 4.42. The number of benzene rings is 1. The Morgan fingerprint density at radius 2 is 2.15 bits per heavy atom. The lowest BCUT2D eigenvalue weighted by Gasteiger charge is -2.32. The summed E-state index contributed by atoms with van der Waals surface area (Å²) >= 11 is 0. The van der Waals surface area contributed by atoms with Gasteiger partial charge in [-0.3, -0.25) is 9.79 Å². The smallest absolute Gasteiger partial charge is 0.243 e. The Labute approximate surface area is 156 Å². The predicted octanol–water partition coefficient (Wildman–Crippen LogP) is 1.65. The third kappa shape index (κ3) is 6.41. The van der Waals surface area contributed by atoms with Gasteiger partial charge in [0.2, 0.25) is 5.91 Å². The first-order chi connectivity index (χ1) is 12.6. The van der Waals surface area contributed by atoms with Gasteiger partial charge in [-0.05, 0) is 44.0 Å². The summed E-state index contributed by atoms with van der Waals surface area (Å²) in [6, 6.07) is 7.63. The van der Waals surface area contributed by atoms with Crippen molar-refractivity contribution in [3.05, 3.63) is 29.8 Å². The van der Waals surface area contributed by atoms with Crippen molar-refractivity contribution in [3.63, 3.8) is 0 Å². The zero-order chi connectivity index (χ0) is 18.8. The second kappa shape index (κ2) is 10.5. The number of terminal acetylenes is 1. The van der Waals surface area contributed by atoms with Gasteiger partial charge >= 0.3 is 0 Å². The Morgan fingerprint density at radius 1 is 1.38 bits per heavy atom. The van der Waals surface area contributed by atoms with Gasteiger partial charge in [0.1, 0.15) is 0 Å². The lowest BCUT2D eigenvalue weighted by atomic mass is 10.1. The van der Waals surface area contributed by atoms with Gasteiger partial charge in [0.25, 0.3) is 0 Å². The van der Waals surface area contributed by atoms with Gasteiger partial charge in [0, 0.05) is 37.4 Å². The minimum atomic E-state index is -0.139. The maximum atomic E-state index is 12.1. The Bertz CT molecular complexity index is 656. The Hall–Kier alpha value is -2.52. The van der Waals surface area contributed by atoms with Gasteiger partial charge in [-0.1, -0.05) is 18.9 Å². The Kier molecular flexibility index (Phi) is 7.97. The molecule has 3 N–H and O–H groups in total. The van der Waals surface area contributed by atoms with Crippen molar-refractivity contribution in [2.45, 2.75) is 32.2 Å². The number of carbonyl (C=O) groups is 1. The van der Waals surface area contributed by atoms with Crippen molar-refractivity contribution >= 4 is 17.6 Å². The van der Waals surface area contributed by atoms with E-state index in [-0.39, 0.29) is 12.5 Å². The molecular weight excluding hydrogens is 326 g/mol. The number of nitrogens with zero attached hydrogens (tertiary/aromatic N) is 2. The van der Waals surface area contributed by atoms with Crippen LogP contribution in [0, 0.1) is 12.3 Å². The monoisotopic (exact) mass is 355 g/mol. The maximum absolute atomic E-state index is 12.1. The van der Waals surface area contributed by atoms with E-state index in [9.17, 15) is 4.79 Å². The number of rotatable bonds is 6. The molecule has 1 aromatic carbocycles. The van der Waals surface area contributed by atoms with Crippen LogP contribution in [0.25, 0.3) is 0 Å². The number of piperidine rings is 1. The molecule has 1 heterocycles. The molecule has 0 radical (unpaired) electrons. The summed E-state index contributed by atoms with van der Waals surface area (Å²) in [7, 11) is 1.72. The van der Waals surface area contributed by atoms with E-state index in [0.717, 1.165) is 31.5 Å². The van der Waals surface area contributed by atoms with Crippen molar-refractivity contribution < 1.29 is 4.79 Å². The molecular formula is C20H29N5O. The van der Waals surface area contributed by atoms with Crippen LogP contribution >= 0.6 is 0 Å². The van der Waals surface area contributed by atoms with Crippen molar-refractivity contribution in [3.8, 4) is 12.3 Å². The molecule has 1 aromatic rings. The second-order valence-electron chi connectivity index (χ2n) is 6.46. The first-order valence-corrected chi connectivity index (χ1v) is 9.20. The van der Waals surface area contributed by atoms with Crippen LogP contribution in [-0.2, 0) is 4.79 Å². The van der Waals surface area contributed by atoms with Crippen LogP contribution in [0.2, 0.25) is 0 Å². The number of aliphatic imine (C=N–C) groups is 1. The molecule has 6 heteroatoms. The van der Waals surface area contributed by atoms with E-state index in [4.69, 9.17) is 6.42 Å². The fourth-order valence-electron chi connectivity index (χ4n) is 3.06. The quantitative estimate of drug-likeness (QED) is 0.412. The molecule has 1 aliphatic rings. The van der Waals surface area contributed by atoms with Crippen molar-refractivity contribution in [2.24, 2.45) is 4.99 Å². The number of hydrogen-bond donors (Lipinski definition) is 3. The summed E-state index contributed by atoms with van der Waals surface area (Å²) in [4.78, 5) is 18.8. The topological polar surface area (TPSA) is 68.8 Å². The van der Waals surface area contributed by atoms with Crippen LogP contribution in [0.1, 0.15) is 31.7 Å². The standard InChI is InChI=1S/C20H29N5O/c1-4-11-25-12-9-17(10-13-25)24-20(21-3)22-15-19(26)23-18-8-6-7-16(5-2)14-18/h2,6-8,14,17H,4,9-13,15H2,1,3H3,(H,23,26)(H2,21,22,24). The number of amides is 1. The molecule has 0 bridgehead atoms. The summed E-state index contributed by atoms with van der Waals surface area (Å²) in [6.07, 6.45) is 8.75. The number of carbonyl (C=O) groups excluding carboxylic acids is 1. The maximum Gasteiger partial charge on any atom is 0.243 e. The third-order valence-electron chi connectivity index (χ3n) is 4.42. The van der Waals surface area contributed by atoms with Crippen LogP contribution in [0.5, 0.6) is 0 Å². The van der Waals surface area contributed by atoms with Gasteiger partial charge in [-0.2, -0.15) is 0 Å². The number of hydrogen-bond acceptors (Lipinski definition) is 3. The van der Waals surface area contributed by atoms with E-state index in [2.05, 4.69) is 38.7 Å². The highest BCUT2D eigenvalue weighted by Crippen LogP contribution is 2.11. The first-order valence-electron chi connectivity index (χ1n) is 9.20. The Morgan fingerprint density at radius 3 is 2.81 bits per heavy atom. The molecule has 0 spiro atoms. The fourth-order valence-corrected chi connectivity index (χ4v) is 3.06. The highest BCUT2D eigenvalue weighted by Gasteiger charge is 2.19. The summed E-state index contributed by atoms with van der Waals surface area (Å²) < 4.78 is 0. The number of anilines is 1. The average Bonchev–Trinajstić information content (AvgIpc) is 2.66. The fraction of sp³-hybridized carbons (Fsp3) is 0.500. The Balaban J connectivity index is 1.74. The summed E-state index contributed by atoms with van der Waals surface area (Å²) in [5.74, 6) is 3.08. The van der Waals surface area contributed by atoms with E-state index < -0.39 is 0 Å². The van der Waals surface area contributed by atoms with E-state index >= 15 is 0 Å².